The fourth-order valence-corrected chi connectivity index (χ4v) is 0. The number of quaternary nitrogens is 1. The van der Waals surface area contributed by atoms with E-state index in [-0.39, 0.29) is 0 Å². The first-order chi connectivity index (χ1) is 4.56. The van der Waals surface area contributed by atoms with E-state index in [4.69, 9.17) is 0 Å². The van der Waals surface area contributed by atoms with Gasteiger partial charge < -0.3 is 21.7 Å². The van der Waals surface area contributed by atoms with Crippen LogP contribution in [0.25, 0.3) is 0 Å². The Morgan fingerprint density at radius 3 is 1.18 bits per heavy atom. The highest BCUT2D eigenvalue weighted by molar-refractivity contribution is 9.09. The molecule has 0 aliphatic carbocycles. The minimum atomic E-state index is -6.00. The predicted molar refractivity (Wildman–Crippen MR) is 42.0 cm³/mol. The molecule has 1 nitrogen and oxygen atoms in total. The molecule has 11 heavy (non-hydrogen) atoms. The smallest absolute Gasteiger partial charge is 0.418 e. The molecule has 0 aromatic heterocycles. The van der Waals surface area contributed by atoms with E-state index in [0.29, 0.717) is 0 Å². The molecule has 0 saturated carbocycles. The monoisotopic (exact) mass is 239 g/mol. The maximum absolute atomic E-state index is 9.75. The summed E-state index contributed by atoms with van der Waals surface area (Å²) >= 11 is 3.34. The molecule has 0 fully saturated rings. The summed E-state index contributed by atoms with van der Waals surface area (Å²) in [7, 11) is 0.401. The Labute approximate surface area is 72.2 Å². The van der Waals surface area contributed by atoms with E-state index in [2.05, 4.69) is 37.1 Å². The predicted octanol–water partition coefficient (Wildman–Crippen LogP) is 2.35. The molecule has 0 heterocycles. The SMILES string of the molecule is C[N+](C)(C)CBr.F[B-](F)(F)F. The van der Waals surface area contributed by atoms with E-state index in [1.807, 2.05) is 0 Å². The third-order valence-electron chi connectivity index (χ3n) is 0.359. The minimum Gasteiger partial charge on any atom is -0.418 e. The third kappa shape index (κ3) is 66.5. The van der Waals surface area contributed by atoms with Crippen LogP contribution in [0.1, 0.15) is 0 Å². The van der Waals surface area contributed by atoms with Crippen LogP contribution < -0.4 is 0 Å². The highest BCUT2D eigenvalue weighted by atomic mass is 79.9. The number of rotatable bonds is 1. The van der Waals surface area contributed by atoms with Crippen LogP contribution in [-0.2, 0) is 0 Å². The molecule has 0 bridgehead atoms. The highest BCUT2D eigenvalue weighted by Gasteiger charge is 2.20. The van der Waals surface area contributed by atoms with Gasteiger partial charge in [0.2, 0.25) is 0 Å². The molecule has 0 aliphatic heterocycles. The zero-order valence-electron chi connectivity index (χ0n) is 6.62. The van der Waals surface area contributed by atoms with Crippen molar-refractivity contribution in [3.63, 3.8) is 0 Å². The lowest BCUT2D eigenvalue weighted by Crippen LogP contribution is -2.31. The molecule has 0 aromatic rings. The van der Waals surface area contributed by atoms with E-state index in [1.165, 1.54) is 0 Å². The minimum absolute atomic E-state index is 0.986. The van der Waals surface area contributed by atoms with E-state index >= 15 is 0 Å². The molecule has 70 valence electrons. The van der Waals surface area contributed by atoms with Crippen LogP contribution in [-0.4, -0.2) is 38.3 Å². The molecule has 7 heteroatoms. The molecular formula is C4H11BBrF4N. The number of nitrogens with zero attached hydrogens (tertiary/aromatic N) is 1. The number of halogens is 5. The van der Waals surface area contributed by atoms with Crippen LogP contribution >= 0.6 is 15.9 Å². The lowest BCUT2D eigenvalue weighted by atomic mass is 10.3. The topological polar surface area (TPSA) is 0 Å². The summed E-state index contributed by atoms with van der Waals surface area (Å²) in [4.78, 5) is 0. The van der Waals surface area contributed by atoms with Gasteiger partial charge in [-0.2, -0.15) is 0 Å². The fourth-order valence-electron chi connectivity index (χ4n) is 0. The highest BCUT2D eigenvalue weighted by Crippen LogP contribution is 2.06. The molecule has 0 atom stereocenters. The lowest BCUT2D eigenvalue weighted by Gasteiger charge is -2.19. The van der Waals surface area contributed by atoms with E-state index < -0.39 is 7.25 Å². The van der Waals surface area contributed by atoms with Crippen LogP contribution in [0.15, 0.2) is 0 Å². The van der Waals surface area contributed by atoms with E-state index in [0.717, 1.165) is 9.94 Å². The second-order valence-corrected chi connectivity index (χ2v) is 3.41. The van der Waals surface area contributed by atoms with Crippen molar-refractivity contribution >= 4 is 23.2 Å². The van der Waals surface area contributed by atoms with Gasteiger partial charge in [-0.25, -0.2) is 0 Å². The largest absolute Gasteiger partial charge is 0.673 e. The first-order valence-electron chi connectivity index (χ1n) is 2.80. The quantitative estimate of drug-likeness (QED) is 0.217. The maximum Gasteiger partial charge on any atom is 0.673 e. The summed E-state index contributed by atoms with van der Waals surface area (Å²) in [5.74, 6) is 0. The normalized spacial score (nSPS) is 12.0. The summed E-state index contributed by atoms with van der Waals surface area (Å²) < 4.78 is 40.0. The van der Waals surface area contributed by atoms with Crippen molar-refractivity contribution in [1.82, 2.24) is 0 Å². The van der Waals surface area contributed by atoms with E-state index in [1.54, 1.807) is 0 Å². The standard InChI is InChI=1S/C4H11BrN.BF4/c1-6(2,3)4-5;2-1(3,4)5/h4H2,1-3H3;/q+1;-1. The molecule has 0 unspecified atom stereocenters. The second kappa shape index (κ2) is 4.98. The van der Waals surface area contributed by atoms with Gasteiger partial charge in [0.15, 0.2) is 0 Å². The summed E-state index contributed by atoms with van der Waals surface area (Å²) in [6, 6.07) is 0. The summed E-state index contributed by atoms with van der Waals surface area (Å²) in [5, 5.41) is 0. The van der Waals surface area contributed by atoms with Crippen molar-refractivity contribution in [2.45, 2.75) is 0 Å². The Bertz CT molecular complexity index is 93.2. The van der Waals surface area contributed by atoms with Crippen molar-refractivity contribution in [1.29, 1.82) is 0 Å². The van der Waals surface area contributed by atoms with Crippen molar-refractivity contribution in [3.05, 3.63) is 0 Å². The zero-order valence-corrected chi connectivity index (χ0v) is 8.21. The second-order valence-electron chi connectivity index (χ2n) is 2.90. The Balaban J connectivity index is 0. The molecule has 0 aromatic carbocycles. The Hall–Kier alpha value is 0.225. The fraction of sp³-hybridized carbons (Fsp3) is 1.00. The molecule has 0 N–H and O–H groups in total. The van der Waals surface area contributed by atoms with Gasteiger partial charge in [0, 0.05) is 0 Å². The lowest BCUT2D eigenvalue weighted by molar-refractivity contribution is -0.855. The average Bonchev–Trinajstić information content (AvgIpc) is 1.59. The molecule has 0 saturated heterocycles. The van der Waals surface area contributed by atoms with Crippen molar-refractivity contribution in [2.75, 3.05) is 26.6 Å². The average molecular weight is 240 g/mol. The van der Waals surface area contributed by atoms with Crippen LogP contribution in [0, 0.1) is 0 Å². The Morgan fingerprint density at radius 2 is 1.18 bits per heavy atom. The van der Waals surface area contributed by atoms with Gasteiger partial charge in [0.25, 0.3) is 0 Å². The maximum atomic E-state index is 9.75. The summed E-state index contributed by atoms with van der Waals surface area (Å²) in [6.45, 7) is 0. The third-order valence-corrected chi connectivity index (χ3v) is 1.86. The zero-order chi connectivity index (χ0) is 9.71. The number of hydrogen-bond donors (Lipinski definition) is 0. The van der Waals surface area contributed by atoms with Crippen LogP contribution in [0.3, 0.4) is 0 Å². The van der Waals surface area contributed by atoms with Gasteiger partial charge in [0.1, 0.15) is 5.45 Å². The Kier molecular flexibility index (Phi) is 6.24. The van der Waals surface area contributed by atoms with Crippen LogP contribution in [0.5, 0.6) is 0 Å². The molecule has 0 aliphatic rings. The molecule has 0 radical (unpaired) electrons. The van der Waals surface area contributed by atoms with Gasteiger partial charge in [-0.15, -0.1) is 0 Å². The van der Waals surface area contributed by atoms with E-state index in [9.17, 15) is 17.3 Å². The van der Waals surface area contributed by atoms with Crippen molar-refractivity contribution < 1.29 is 21.7 Å². The van der Waals surface area contributed by atoms with Crippen molar-refractivity contribution in [3.8, 4) is 0 Å². The van der Waals surface area contributed by atoms with Crippen molar-refractivity contribution in [2.24, 2.45) is 0 Å². The molecular weight excluding hydrogens is 229 g/mol. The number of hydrogen-bond acceptors (Lipinski definition) is 0. The molecule has 0 spiro atoms. The van der Waals surface area contributed by atoms with Gasteiger partial charge in [-0.1, -0.05) is 0 Å². The van der Waals surface area contributed by atoms with Gasteiger partial charge in [-0.05, 0) is 15.9 Å². The Morgan fingerprint density at radius 1 is 1.09 bits per heavy atom. The van der Waals surface area contributed by atoms with Crippen LogP contribution in [0.4, 0.5) is 17.3 Å². The molecule has 0 rings (SSSR count). The first-order valence-corrected chi connectivity index (χ1v) is 3.92. The van der Waals surface area contributed by atoms with Gasteiger partial charge in [0.05, 0.1) is 21.1 Å². The first kappa shape index (κ1) is 13.8. The van der Waals surface area contributed by atoms with Gasteiger partial charge in [-0.3, -0.25) is 0 Å². The van der Waals surface area contributed by atoms with Crippen LogP contribution in [0.2, 0.25) is 0 Å². The summed E-state index contributed by atoms with van der Waals surface area (Å²) in [5.41, 5.74) is 1.02. The van der Waals surface area contributed by atoms with Gasteiger partial charge >= 0.3 is 7.25 Å². The molecule has 0 amide bonds. The number of alkyl halides is 1. The summed E-state index contributed by atoms with van der Waals surface area (Å²) in [6.07, 6.45) is 0.